The van der Waals surface area contributed by atoms with E-state index in [9.17, 15) is 5.11 Å². The van der Waals surface area contributed by atoms with Crippen molar-refractivity contribution in [1.82, 2.24) is 0 Å². The molecule has 2 aromatic carbocycles. The fourth-order valence-corrected chi connectivity index (χ4v) is 1.71. The van der Waals surface area contributed by atoms with Crippen molar-refractivity contribution < 1.29 is 19.3 Å². The second-order valence-electron chi connectivity index (χ2n) is 4.13. The maximum atomic E-state index is 9.41. The van der Waals surface area contributed by atoms with Crippen LogP contribution >= 0.6 is 0 Å². The minimum Gasteiger partial charge on any atom is -0.508 e. The van der Waals surface area contributed by atoms with Crippen molar-refractivity contribution in [1.29, 1.82) is 0 Å². The van der Waals surface area contributed by atoms with Crippen LogP contribution in [-0.2, 0) is 0 Å². The number of rotatable bonds is 5. The first kappa shape index (κ1) is 14.6. The number of nitrogens with zero attached hydrogens (tertiary/aromatic N) is 2. The van der Waals surface area contributed by atoms with E-state index in [1.807, 2.05) is 0 Å². The van der Waals surface area contributed by atoms with E-state index in [0.29, 0.717) is 28.6 Å². The van der Waals surface area contributed by atoms with Gasteiger partial charge < -0.3 is 19.3 Å². The largest absolute Gasteiger partial charge is 0.508 e. The molecule has 0 aliphatic rings. The molecule has 2 rings (SSSR count). The Labute approximate surface area is 122 Å². The summed E-state index contributed by atoms with van der Waals surface area (Å²) in [4.78, 5) is 0. The van der Waals surface area contributed by atoms with Crippen LogP contribution in [0, 0.1) is 0 Å². The third kappa shape index (κ3) is 3.62. The van der Waals surface area contributed by atoms with Crippen LogP contribution in [0.2, 0.25) is 0 Å². The molecule has 0 aliphatic heterocycles. The summed E-state index contributed by atoms with van der Waals surface area (Å²) in [6.07, 6.45) is 0. The molecule has 0 heterocycles. The first-order valence-electron chi connectivity index (χ1n) is 6.18. The predicted octanol–water partition coefficient (Wildman–Crippen LogP) is 3.83. The Hall–Kier alpha value is -2.76. The number of ether oxygens (including phenoxy) is 3. The molecule has 0 bridgehead atoms. The zero-order valence-corrected chi connectivity index (χ0v) is 12.0. The maximum absolute atomic E-state index is 9.41. The minimum absolute atomic E-state index is 0.105. The molecule has 0 unspecified atom stereocenters. The zero-order chi connectivity index (χ0) is 15.2. The van der Waals surface area contributed by atoms with Crippen molar-refractivity contribution in [2.45, 2.75) is 0 Å². The van der Waals surface area contributed by atoms with Crippen LogP contribution in [0.5, 0.6) is 23.0 Å². The van der Waals surface area contributed by atoms with Gasteiger partial charge in [-0.25, -0.2) is 0 Å². The molecule has 0 aliphatic carbocycles. The molecule has 0 radical (unpaired) electrons. The fraction of sp³-hybridized carbons (Fsp3) is 0.200. The smallest absolute Gasteiger partial charge is 0.150 e. The number of methoxy groups -OCH3 is 3. The molecule has 21 heavy (non-hydrogen) atoms. The van der Waals surface area contributed by atoms with E-state index in [1.54, 1.807) is 38.5 Å². The number of azo groups is 1. The average molecular weight is 288 g/mol. The predicted molar refractivity (Wildman–Crippen MR) is 78.4 cm³/mol. The average Bonchev–Trinajstić information content (AvgIpc) is 2.53. The molecule has 0 saturated heterocycles. The Morgan fingerprint density at radius 2 is 1.48 bits per heavy atom. The van der Waals surface area contributed by atoms with Gasteiger partial charge in [-0.2, -0.15) is 5.11 Å². The highest BCUT2D eigenvalue weighted by Gasteiger charge is 2.04. The summed E-state index contributed by atoms with van der Waals surface area (Å²) >= 11 is 0. The van der Waals surface area contributed by atoms with Crippen LogP contribution in [0.4, 0.5) is 11.4 Å². The van der Waals surface area contributed by atoms with Crippen molar-refractivity contribution in [3.63, 3.8) is 0 Å². The van der Waals surface area contributed by atoms with E-state index < -0.39 is 0 Å². The quantitative estimate of drug-likeness (QED) is 0.848. The summed E-state index contributed by atoms with van der Waals surface area (Å²) in [7, 11) is 4.64. The van der Waals surface area contributed by atoms with Crippen LogP contribution in [0.3, 0.4) is 0 Å². The molecule has 0 atom stereocenters. The van der Waals surface area contributed by atoms with Crippen molar-refractivity contribution >= 4 is 11.4 Å². The summed E-state index contributed by atoms with van der Waals surface area (Å²) in [6.45, 7) is 0. The zero-order valence-electron chi connectivity index (χ0n) is 12.0. The van der Waals surface area contributed by atoms with Gasteiger partial charge in [0, 0.05) is 24.3 Å². The van der Waals surface area contributed by atoms with Gasteiger partial charge in [0.05, 0.1) is 27.0 Å². The first-order chi connectivity index (χ1) is 10.2. The summed E-state index contributed by atoms with van der Waals surface area (Å²) < 4.78 is 15.5. The molecule has 2 aromatic rings. The lowest BCUT2D eigenvalue weighted by Gasteiger charge is -2.06. The van der Waals surface area contributed by atoms with Crippen molar-refractivity contribution in [3.8, 4) is 23.0 Å². The topological polar surface area (TPSA) is 72.6 Å². The van der Waals surface area contributed by atoms with E-state index in [0.717, 1.165) is 0 Å². The first-order valence-corrected chi connectivity index (χ1v) is 6.18. The lowest BCUT2D eigenvalue weighted by atomic mass is 10.3. The molecule has 0 amide bonds. The summed E-state index contributed by atoms with van der Waals surface area (Å²) in [5, 5.41) is 17.7. The molecular formula is C15H16N2O4. The van der Waals surface area contributed by atoms with Crippen LogP contribution in [0.15, 0.2) is 46.6 Å². The SMILES string of the molecule is COc1cc(N=Nc2ccc(O)cc2OC)cc(OC)c1. The second-order valence-corrected chi connectivity index (χ2v) is 4.13. The van der Waals surface area contributed by atoms with Crippen LogP contribution in [0.25, 0.3) is 0 Å². The highest BCUT2D eigenvalue weighted by Crippen LogP contribution is 2.33. The summed E-state index contributed by atoms with van der Waals surface area (Å²) in [5.74, 6) is 1.80. The third-order valence-corrected chi connectivity index (χ3v) is 2.77. The van der Waals surface area contributed by atoms with Gasteiger partial charge in [-0.05, 0) is 12.1 Å². The molecule has 6 nitrogen and oxygen atoms in total. The lowest BCUT2D eigenvalue weighted by molar-refractivity contribution is 0.394. The van der Waals surface area contributed by atoms with E-state index in [4.69, 9.17) is 14.2 Å². The van der Waals surface area contributed by atoms with Gasteiger partial charge in [0.2, 0.25) is 0 Å². The lowest BCUT2D eigenvalue weighted by Crippen LogP contribution is -1.86. The highest BCUT2D eigenvalue weighted by molar-refractivity contribution is 5.55. The normalized spacial score (nSPS) is 10.6. The Morgan fingerprint density at radius 3 is 2.05 bits per heavy atom. The minimum atomic E-state index is 0.105. The molecule has 110 valence electrons. The van der Waals surface area contributed by atoms with Crippen molar-refractivity contribution in [2.24, 2.45) is 10.2 Å². The number of phenols is 1. The molecule has 0 fully saturated rings. The summed E-state index contributed by atoms with van der Waals surface area (Å²) in [6, 6.07) is 9.83. The van der Waals surface area contributed by atoms with Crippen LogP contribution < -0.4 is 14.2 Å². The monoisotopic (exact) mass is 288 g/mol. The van der Waals surface area contributed by atoms with Crippen molar-refractivity contribution in [3.05, 3.63) is 36.4 Å². The molecule has 6 heteroatoms. The highest BCUT2D eigenvalue weighted by atomic mass is 16.5. The Kier molecular flexibility index (Phi) is 4.61. The van der Waals surface area contributed by atoms with E-state index in [1.165, 1.54) is 19.2 Å². The fourth-order valence-electron chi connectivity index (χ4n) is 1.71. The van der Waals surface area contributed by atoms with Crippen molar-refractivity contribution in [2.75, 3.05) is 21.3 Å². The van der Waals surface area contributed by atoms with Gasteiger partial charge in [0.1, 0.15) is 28.7 Å². The Balaban J connectivity index is 2.33. The van der Waals surface area contributed by atoms with Gasteiger partial charge in [-0.3, -0.25) is 0 Å². The van der Waals surface area contributed by atoms with E-state index >= 15 is 0 Å². The standard InChI is InChI=1S/C15H16N2O4/c1-19-12-6-10(7-13(9-12)20-2)16-17-14-5-4-11(18)8-15(14)21-3/h4-9,18H,1-3H3. The van der Waals surface area contributed by atoms with Gasteiger partial charge in [0.25, 0.3) is 0 Å². The van der Waals surface area contributed by atoms with Gasteiger partial charge in [-0.1, -0.05) is 0 Å². The number of hydrogen-bond donors (Lipinski definition) is 1. The molecule has 0 aromatic heterocycles. The molecular weight excluding hydrogens is 272 g/mol. The van der Waals surface area contributed by atoms with Gasteiger partial charge >= 0.3 is 0 Å². The number of benzene rings is 2. The van der Waals surface area contributed by atoms with Gasteiger partial charge in [0.15, 0.2) is 0 Å². The van der Waals surface area contributed by atoms with Crippen LogP contribution in [-0.4, -0.2) is 26.4 Å². The Morgan fingerprint density at radius 1 is 0.810 bits per heavy atom. The van der Waals surface area contributed by atoms with Gasteiger partial charge in [-0.15, -0.1) is 5.11 Å². The number of phenolic OH excluding ortho intramolecular Hbond substituents is 1. The molecule has 0 spiro atoms. The third-order valence-electron chi connectivity index (χ3n) is 2.77. The van der Waals surface area contributed by atoms with E-state index in [2.05, 4.69) is 10.2 Å². The molecule has 1 N–H and O–H groups in total. The van der Waals surface area contributed by atoms with E-state index in [-0.39, 0.29) is 5.75 Å². The number of hydrogen-bond acceptors (Lipinski definition) is 6. The van der Waals surface area contributed by atoms with Crippen LogP contribution in [0.1, 0.15) is 0 Å². The molecule has 0 saturated carbocycles. The Bertz CT molecular complexity index is 634. The summed E-state index contributed by atoms with van der Waals surface area (Å²) in [5.41, 5.74) is 1.10. The second kappa shape index (κ2) is 6.60. The maximum Gasteiger partial charge on any atom is 0.150 e. The number of aromatic hydroxyl groups is 1.